The second-order valence-corrected chi connectivity index (χ2v) is 11.7. The maximum Gasteiger partial charge on any atom is 0.181 e. The van der Waals surface area contributed by atoms with Crippen molar-refractivity contribution in [2.45, 2.75) is 0 Å². The summed E-state index contributed by atoms with van der Waals surface area (Å²) in [7, 11) is 7.01. The van der Waals surface area contributed by atoms with Crippen LogP contribution < -0.4 is 9.47 Å². The monoisotopic (exact) mass is 430 g/mol. The van der Waals surface area contributed by atoms with Crippen LogP contribution in [0.15, 0.2) is 58.5 Å². The Kier molecular flexibility index (Phi) is 4.73. The molecule has 28 heavy (non-hydrogen) atoms. The van der Waals surface area contributed by atoms with Crippen LogP contribution in [0.5, 0.6) is 11.5 Å². The molecule has 2 aromatic rings. The molecule has 0 radical (unpaired) electrons. The first-order valence-electron chi connectivity index (χ1n) is 8.73. The van der Waals surface area contributed by atoms with E-state index in [1.165, 1.54) is 5.11 Å². The number of hydrogen-bond donors (Lipinski definition) is 0. The van der Waals surface area contributed by atoms with Gasteiger partial charge in [0.15, 0.2) is 15.4 Å². The van der Waals surface area contributed by atoms with Gasteiger partial charge in [-0.05, 0) is 78.7 Å². The molecule has 0 aliphatic carbocycles. The Morgan fingerprint density at radius 1 is 0.750 bits per heavy atom. The van der Waals surface area contributed by atoms with Gasteiger partial charge in [-0.1, -0.05) is 0 Å². The van der Waals surface area contributed by atoms with Gasteiger partial charge in [0.1, 0.15) is 11.5 Å². The van der Waals surface area contributed by atoms with Gasteiger partial charge in [-0.15, -0.1) is 0 Å². The lowest BCUT2D eigenvalue weighted by atomic mass is 10.3. The fourth-order valence-corrected chi connectivity index (χ4v) is 9.79. The molecule has 0 spiro atoms. The highest BCUT2D eigenvalue weighted by molar-refractivity contribution is 9.21. The zero-order chi connectivity index (χ0) is 19.1. The van der Waals surface area contributed by atoms with Crippen molar-refractivity contribution in [3.05, 3.63) is 48.5 Å². The molecule has 0 unspecified atom stereocenters. The lowest BCUT2D eigenvalue weighted by Gasteiger charge is -2.16. The molecule has 2 aromatic carbocycles. The Hall–Kier alpha value is -2.10. The van der Waals surface area contributed by atoms with Crippen LogP contribution in [0.3, 0.4) is 0 Å². The van der Waals surface area contributed by atoms with Crippen LogP contribution in [-0.4, -0.2) is 52.6 Å². The average molecular weight is 431 g/mol. The zero-order valence-electron chi connectivity index (χ0n) is 15.4. The average Bonchev–Trinajstić information content (AvgIpc) is 3.40. The maximum atomic E-state index is 5.23. The Bertz CT molecular complexity index is 923. The van der Waals surface area contributed by atoms with Crippen LogP contribution in [0.25, 0.3) is 0 Å². The van der Waals surface area contributed by atoms with E-state index in [0.717, 1.165) is 46.3 Å². The van der Waals surface area contributed by atoms with E-state index in [-0.39, 0.29) is 8.55 Å². The van der Waals surface area contributed by atoms with Gasteiger partial charge in [-0.3, -0.25) is 9.80 Å². The summed E-state index contributed by atoms with van der Waals surface area (Å²) in [5.74, 6) is 1.69. The number of nitrogens with zero attached hydrogens (tertiary/aromatic N) is 4. The first kappa shape index (κ1) is 18.0. The molecule has 144 valence electrons. The van der Waals surface area contributed by atoms with Gasteiger partial charge in [0.25, 0.3) is 0 Å². The van der Waals surface area contributed by atoms with Crippen molar-refractivity contribution in [1.29, 1.82) is 0 Å². The molecule has 0 atom stereocenters. The summed E-state index contributed by atoms with van der Waals surface area (Å²) in [6.45, 7) is 1.89. The fraction of sp³-hybridized carbons (Fsp3) is 0.211. The van der Waals surface area contributed by atoms with E-state index in [1.54, 1.807) is 14.2 Å². The first-order chi connectivity index (χ1) is 13.7. The van der Waals surface area contributed by atoms with E-state index in [1.807, 2.05) is 70.1 Å². The van der Waals surface area contributed by atoms with Gasteiger partial charge < -0.3 is 9.47 Å². The second kappa shape index (κ2) is 7.38. The molecule has 1 saturated heterocycles. The zero-order valence-corrected chi connectivity index (χ0v) is 17.8. The predicted octanol–water partition coefficient (Wildman–Crippen LogP) is 4.68. The van der Waals surface area contributed by atoms with Crippen LogP contribution in [0.4, 0.5) is 11.4 Å². The second-order valence-electron chi connectivity index (χ2n) is 6.17. The summed E-state index contributed by atoms with van der Waals surface area (Å²) in [4.78, 5) is 14.4. The molecule has 0 N–H and O–H groups in total. The molecule has 5 rings (SSSR count). The Balaban J connectivity index is 1.36. The topological polar surface area (TPSA) is 49.7 Å². The summed E-state index contributed by atoms with van der Waals surface area (Å²) in [5.41, 5.74) is 1.90. The Morgan fingerprint density at radius 2 is 1.18 bits per heavy atom. The van der Waals surface area contributed by atoms with E-state index < -0.39 is 0 Å². The summed E-state index contributed by atoms with van der Waals surface area (Å²) < 4.78 is 10.5. The lowest BCUT2D eigenvalue weighted by Crippen LogP contribution is -2.32. The maximum absolute atomic E-state index is 5.23. The summed E-state index contributed by atoms with van der Waals surface area (Å²) >= 11 is 0. The first-order valence-corrected chi connectivity index (χ1v) is 12.6. The Labute approximate surface area is 173 Å². The SMILES string of the molecule is COc1ccc(N=C2SS3=C4N2CCN4C(=Nc2ccc(OC)cc2)S3)cc1. The summed E-state index contributed by atoms with van der Waals surface area (Å²) in [6, 6.07) is 15.7. The van der Waals surface area contributed by atoms with Gasteiger partial charge in [0.2, 0.25) is 0 Å². The van der Waals surface area contributed by atoms with Crippen molar-refractivity contribution in [3.63, 3.8) is 0 Å². The molecule has 3 heterocycles. The minimum Gasteiger partial charge on any atom is -0.497 e. The normalized spacial score (nSPS) is 23.1. The largest absolute Gasteiger partial charge is 0.497 e. The smallest absolute Gasteiger partial charge is 0.181 e. The van der Waals surface area contributed by atoms with E-state index in [0.29, 0.717) is 0 Å². The van der Waals surface area contributed by atoms with Crippen molar-refractivity contribution < 1.29 is 9.47 Å². The molecule has 3 aliphatic rings. The predicted molar refractivity (Wildman–Crippen MR) is 121 cm³/mol. The molecule has 0 amide bonds. The van der Waals surface area contributed by atoms with Crippen LogP contribution in [0.2, 0.25) is 0 Å². The number of rotatable bonds is 4. The molecule has 9 heteroatoms. The fourth-order valence-electron chi connectivity index (χ4n) is 3.08. The minimum absolute atomic E-state index is 0.00585. The molecular weight excluding hydrogens is 412 g/mol. The number of aliphatic imine (C=N–C) groups is 2. The molecular formula is C19H18N4O2S3. The lowest BCUT2D eigenvalue weighted by molar-refractivity contribution is 0.414. The summed E-state index contributed by atoms with van der Waals surface area (Å²) in [6.07, 6.45) is 0. The van der Waals surface area contributed by atoms with E-state index >= 15 is 0 Å². The van der Waals surface area contributed by atoms with Crippen molar-refractivity contribution >= 4 is 57.0 Å². The van der Waals surface area contributed by atoms with Gasteiger partial charge in [-0.2, -0.15) is 0 Å². The highest BCUT2D eigenvalue weighted by Crippen LogP contribution is 2.58. The highest BCUT2D eigenvalue weighted by Gasteiger charge is 2.45. The molecule has 0 bridgehead atoms. The number of benzene rings is 2. The van der Waals surface area contributed by atoms with Crippen molar-refractivity contribution in [3.8, 4) is 11.5 Å². The van der Waals surface area contributed by atoms with E-state index in [2.05, 4.69) is 9.80 Å². The van der Waals surface area contributed by atoms with Gasteiger partial charge in [-0.25, -0.2) is 9.98 Å². The molecule has 1 fully saturated rings. The van der Waals surface area contributed by atoms with Crippen molar-refractivity contribution in [2.24, 2.45) is 9.98 Å². The van der Waals surface area contributed by atoms with Crippen LogP contribution in [0, 0.1) is 0 Å². The molecule has 0 aromatic heterocycles. The van der Waals surface area contributed by atoms with Crippen molar-refractivity contribution in [2.75, 3.05) is 27.3 Å². The molecule has 0 saturated carbocycles. The van der Waals surface area contributed by atoms with Crippen LogP contribution in [0.1, 0.15) is 0 Å². The molecule has 3 aliphatic heterocycles. The third-order valence-electron chi connectivity index (χ3n) is 4.51. The third-order valence-corrected chi connectivity index (χ3v) is 10.4. The van der Waals surface area contributed by atoms with Crippen LogP contribution >= 0.6 is 30.1 Å². The number of amidine groups is 2. The Morgan fingerprint density at radius 3 is 1.57 bits per heavy atom. The number of hydrogen-bond acceptors (Lipinski definition) is 6. The third kappa shape index (κ3) is 3.17. The van der Waals surface area contributed by atoms with Gasteiger partial charge >= 0.3 is 0 Å². The number of ether oxygens (including phenoxy) is 2. The standard InChI is InChI=1S/C19H18N4O2S3/c1-24-15-7-3-13(4-8-15)20-17-22-11-12-23-18(27-28(26-17)19(22)23)21-14-5-9-16(25-2)10-6-14/h3-10H,11-12H2,1-2H3. The van der Waals surface area contributed by atoms with Gasteiger partial charge in [0, 0.05) is 13.1 Å². The van der Waals surface area contributed by atoms with Crippen molar-refractivity contribution in [1.82, 2.24) is 9.80 Å². The van der Waals surface area contributed by atoms with E-state index in [9.17, 15) is 0 Å². The quantitative estimate of drug-likeness (QED) is 0.519. The minimum atomic E-state index is 0.00585. The highest BCUT2D eigenvalue weighted by atomic mass is 33.5. The number of methoxy groups -OCH3 is 2. The summed E-state index contributed by atoms with van der Waals surface area (Å²) in [5, 5.41) is 3.47. The van der Waals surface area contributed by atoms with Gasteiger partial charge in [0.05, 0.1) is 25.6 Å². The molecule has 6 nitrogen and oxygen atoms in total. The van der Waals surface area contributed by atoms with Crippen LogP contribution in [-0.2, 0) is 0 Å². The van der Waals surface area contributed by atoms with E-state index in [4.69, 9.17) is 19.5 Å².